The molecule has 5 N–H and O–H groups in total. The quantitative estimate of drug-likeness (QED) is 0.531. The predicted molar refractivity (Wildman–Crippen MR) is 53.8 cm³/mol. The van der Waals surface area contributed by atoms with E-state index in [0.29, 0.717) is 6.04 Å². The van der Waals surface area contributed by atoms with Crippen LogP contribution in [0.15, 0.2) is 0 Å². The summed E-state index contributed by atoms with van der Waals surface area (Å²) in [5.74, 6) is 0.827. The van der Waals surface area contributed by atoms with Gasteiger partial charge in [-0.1, -0.05) is 0 Å². The summed E-state index contributed by atoms with van der Waals surface area (Å²) in [7, 11) is 0. The van der Waals surface area contributed by atoms with Gasteiger partial charge in [-0.2, -0.15) is 0 Å². The highest BCUT2D eigenvalue weighted by molar-refractivity contribution is 5.78. The van der Waals surface area contributed by atoms with Crippen LogP contribution < -0.4 is 11.1 Å². The minimum Gasteiger partial charge on any atom is -0.412 e. The molecule has 0 aliphatic carbocycles. The largest absolute Gasteiger partial charge is 0.412 e. The monoisotopic (exact) mass is 201 g/mol. The van der Waals surface area contributed by atoms with Gasteiger partial charge in [0.05, 0.1) is 6.54 Å². The van der Waals surface area contributed by atoms with Gasteiger partial charge in [0.25, 0.3) is 0 Å². The number of fused-ring (bicyclic) bond motifs is 1. The number of hydrogen-bond donors (Lipinski definition) is 2. The van der Waals surface area contributed by atoms with Crippen molar-refractivity contribution in [1.29, 1.82) is 0 Å². The Morgan fingerprint density at radius 3 is 3.00 bits per heavy atom. The van der Waals surface area contributed by atoms with Crippen molar-refractivity contribution < 1.29 is 10.3 Å². The second-order valence-corrected chi connectivity index (χ2v) is 3.90. The summed E-state index contributed by atoms with van der Waals surface area (Å²) < 4.78 is 0. The SMILES string of the molecule is NCC(=O)N1CCC2CCNCC21.O. The van der Waals surface area contributed by atoms with Crippen molar-refractivity contribution in [1.82, 2.24) is 10.2 Å². The molecule has 0 aromatic carbocycles. The van der Waals surface area contributed by atoms with Gasteiger partial charge in [0.1, 0.15) is 0 Å². The van der Waals surface area contributed by atoms with Crippen molar-refractivity contribution in [3.8, 4) is 0 Å². The van der Waals surface area contributed by atoms with Crippen LogP contribution in [0.4, 0.5) is 0 Å². The Hall–Kier alpha value is -0.650. The number of piperidine rings is 1. The zero-order valence-corrected chi connectivity index (χ0v) is 8.33. The lowest BCUT2D eigenvalue weighted by molar-refractivity contribution is -0.130. The van der Waals surface area contributed by atoms with Crippen molar-refractivity contribution in [2.75, 3.05) is 26.2 Å². The van der Waals surface area contributed by atoms with Crippen molar-refractivity contribution in [3.05, 3.63) is 0 Å². The third kappa shape index (κ3) is 1.89. The molecular formula is C9H19N3O2. The molecule has 5 nitrogen and oxygen atoms in total. The van der Waals surface area contributed by atoms with Gasteiger partial charge in [-0.15, -0.1) is 0 Å². The smallest absolute Gasteiger partial charge is 0.236 e. The average Bonchev–Trinajstić information content (AvgIpc) is 2.60. The first-order valence-corrected chi connectivity index (χ1v) is 5.03. The number of carbonyl (C=O) groups excluding carboxylic acids is 1. The molecule has 2 saturated heterocycles. The average molecular weight is 201 g/mol. The minimum absolute atomic E-state index is 0. The van der Waals surface area contributed by atoms with E-state index in [4.69, 9.17) is 5.73 Å². The van der Waals surface area contributed by atoms with Crippen LogP contribution in [0.2, 0.25) is 0 Å². The second kappa shape index (κ2) is 4.72. The third-order valence-electron chi connectivity index (χ3n) is 3.23. The molecule has 2 aliphatic heterocycles. The lowest BCUT2D eigenvalue weighted by Gasteiger charge is -2.31. The van der Waals surface area contributed by atoms with E-state index in [1.165, 1.54) is 6.42 Å². The van der Waals surface area contributed by atoms with E-state index in [2.05, 4.69) is 5.32 Å². The number of hydrogen-bond acceptors (Lipinski definition) is 3. The molecule has 2 unspecified atom stereocenters. The molecule has 0 bridgehead atoms. The zero-order valence-electron chi connectivity index (χ0n) is 8.33. The van der Waals surface area contributed by atoms with E-state index in [1.807, 2.05) is 4.90 Å². The Morgan fingerprint density at radius 1 is 1.50 bits per heavy atom. The molecule has 2 aliphatic rings. The predicted octanol–water partition coefficient (Wildman–Crippen LogP) is -1.67. The van der Waals surface area contributed by atoms with Crippen molar-refractivity contribution in [3.63, 3.8) is 0 Å². The standard InChI is InChI=1S/C9H17N3O.H2O/c10-5-9(13)12-4-2-7-1-3-11-6-8(7)12;/h7-8,11H,1-6,10H2;1H2. The van der Waals surface area contributed by atoms with Crippen LogP contribution in [-0.4, -0.2) is 48.5 Å². The Kier molecular flexibility index (Phi) is 3.86. The van der Waals surface area contributed by atoms with Crippen molar-refractivity contribution in [2.45, 2.75) is 18.9 Å². The fraction of sp³-hybridized carbons (Fsp3) is 0.889. The fourth-order valence-electron chi connectivity index (χ4n) is 2.50. The van der Waals surface area contributed by atoms with Crippen LogP contribution in [0.1, 0.15) is 12.8 Å². The molecule has 2 fully saturated rings. The molecule has 5 heteroatoms. The Bertz CT molecular complexity index is 210. The molecular weight excluding hydrogens is 182 g/mol. The highest BCUT2D eigenvalue weighted by Gasteiger charge is 2.37. The van der Waals surface area contributed by atoms with Crippen molar-refractivity contribution >= 4 is 5.91 Å². The van der Waals surface area contributed by atoms with Crippen LogP contribution >= 0.6 is 0 Å². The van der Waals surface area contributed by atoms with Gasteiger partial charge in [-0.05, 0) is 25.3 Å². The number of nitrogens with two attached hydrogens (primary N) is 1. The maximum Gasteiger partial charge on any atom is 0.236 e. The maximum absolute atomic E-state index is 11.4. The van der Waals surface area contributed by atoms with Gasteiger partial charge in [0.15, 0.2) is 0 Å². The number of carbonyl (C=O) groups is 1. The summed E-state index contributed by atoms with van der Waals surface area (Å²) in [6, 6.07) is 0.421. The van der Waals surface area contributed by atoms with Gasteiger partial charge in [0.2, 0.25) is 5.91 Å². The summed E-state index contributed by atoms with van der Waals surface area (Å²) in [4.78, 5) is 13.4. The highest BCUT2D eigenvalue weighted by Crippen LogP contribution is 2.28. The molecule has 14 heavy (non-hydrogen) atoms. The van der Waals surface area contributed by atoms with Gasteiger partial charge in [0, 0.05) is 19.1 Å². The van der Waals surface area contributed by atoms with Crippen LogP contribution in [0.3, 0.4) is 0 Å². The van der Waals surface area contributed by atoms with Crippen LogP contribution in [0.25, 0.3) is 0 Å². The first kappa shape index (κ1) is 11.4. The number of nitrogens with one attached hydrogen (secondary N) is 1. The molecule has 0 aromatic rings. The highest BCUT2D eigenvalue weighted by atomic mass is 16.2. The van der Waals surface area contributed by atoms with Crippen LogP contribution in [0.5, 0.6) is 0 Å². The fourth-order valence-corrected chi connectivity index (χ4v) is 2.50. The number of rotatable bonds is 1. The van der Waals surface area contributed by atoms with Crippen LogP contribution in [-0.2, 0) is 4.79 Å². The number of nitrogens with zero attached hydrogens (tertiary/aromatic N) is 1. The summed E-state index contributed by atoms with van der Waals surface area (Å²) in [6.07, 6.45) is 2.37. The molecule has 0 saturated carbocycles. The van der Waals surface area contributed by atoms with Gasteiger partial charge in [-0.3, -0.25) is 4.79 Å². The molecule has 0 aromatic heterocycles. The molecule has 2 heterocycles. The van der Waals surface area contributed by atoms with Gasteiger partial charge < -0.3 is 21.4 Å². The normalized spacial score (nSPS) is 30.8. The second-order valence-electron chi connectivity index (χ2n) is 3.90. The Morgan fingerprint density at radius 2 is 2.29 bits per heavy atom. The Labute approximate surface area is 83.9 Å². The van der Waals surface area contributed by atoms with E-state index >= 15 is 0 Å². The lowest BCUT2D eigenvalue weighted by atomic mass is 9.93. The van der Waals surface area contributed by atoms with E-state index in [0.717, 1.165) is 32.0 Å². The molecule has 82 valence electrons. The summed E-state index contributed by atoms with van der Waals surface area (Å²) in [5.41, 5.74) is 5.36. The number of likely N-dealkylation sites (tertiary alicyclic amines) is 1. The van der Waals surface area contributed by atoms with E-state index < -0.39 is 0 Å². The van der Waals surface area contributed by atoms with Gasteiger partial charge in [-0.25, -0.2) is 0 Å². The maximum atomic E-state index is 11.4. The first-order chi connectivity index (χ1) is 6.33. The van der Waals surface area contributed by atoms with Crippen molar-refractivity contribution in [2.24, 2.45) is 11.7 Å². The molecule has 1 amide bonds. The molecule has 2 atom stereocenters. The minimum atomic E-state index is 0. The Balaban J connectivity index is 0.000000980. The summed E-state index contributed by atoms with van der Waals surface area (Å²) in [6.45, 7) is 3.12. The lowest BCUT2D eigenvalue weighted by Crippen LogP contribution is -2.49. The first-order valence-electron chi connectivity index (χ1n) is 5.03. The van der Waals surface area contributed by atoms with E-state index in [-0.39, 0.29) is 17.9 Å². The summed E-state index contributed by atoms with van der Waals surface area (Å²) >= 11 is 0. The summed E-state index contributed by atoms with van der Waals surface area (Å²) in [5, 5.41) is 3.33. The topological polar surface area (TPSA) is 89.9 Å². The van der Waals surface area contributed by atoms with E-state index in [1.54, 1.807) is 0 Å². The van der Waals surface area contributed by atoms with Crippen LogP contribution in [0, 0.1) is 5.92 Å². The number of amides is 1. The zero-order chi connectivity index (χ0) is 9.26. The molecule has 0 spiro atoms. The third-order valence-corrected chi connectivity index (χ3v) is 3.23. The van der Waals surface area contributed by atoms with E-state index in [9.17, 15) is 4.79 Å². The molecule has 2 rings (SSSR count). The van der Waals surface area contributed by atoms with Gasteiger partial charge >= 0.3 is 0 Å². The molecule has 0 radical (unpaired) electrons.